The molecule has 0 aliphatic rings. The van der Waals surface area contributed by atoms with E-state index in [1.54, 1.807) is 7.11 Å². The Kier molecular flexibility index (Phi) is 3.50. The highest BCUT2D eigenvalue weighted by Gasteiger charge is 1.97. The average molecular weight is 177 g/mol. The van der Waals surface area contributed by atoms with Crippen LogP contribution < -0.4 is 10.2 Å². The van der Waals surface area contributed by atoms with Gasteiger partial charge in [-0.3, -0.25) is 5.43 Å². The lowest BCUT2D eigenvalue weighted by atomic mass is 10.3. The molecule has 0 aliphatic carbocycles. The number of nitrogens with one attached hydrogen (secondary N) is 1. The van der Waals surface area contributed by atoms with Crippen LogP contribution in [0.4, 0.5) is 5.69 Å². The highest BCUT2D eigenvalue weighted by molar-refractivity contribution is 5.55. The molecule has 4 heteroatoms. The van der Waals surface area contributed by atoms with Crippen molar-refractivity contribution in [2.24, 2.45) is 10.3 Å². The van der Waals surface area contributed by atoms with Gasteiger partial charge in [-0.15, -0.1) is 5.11 Å². The first kappa shape index (κ1) is 9.25. The Labute approximate surface area is 76.9 Å². The van der Waals surface area contributed by atoms with Crippen molar-refractivity contribution in [3.63, 3.8) is 0 Å². The molecule has 0 fully saturated rings. The summed E-state index contributed by atoms with van der Waals surface area (Å²) in [6.07, 6.45) is 1.35. The van der Waals surface area contributed by atoms with E-state index in [0.717, 1.165) is 11.4 Å². The topological polar surface area (TPSA) is 46.0 Å². The molecule has 0 atom stereocenters. The van der Waals surface area contributed by atoms with E-state index in [1.165, 1.54) is 6.20 Å². The van der Waals surface area contributed by atoms with Crippen molar-refractivity contribution < 1.29 is 4.74 Å². The number of rotatable bonds is 4. The van der Waals surface area contributed by atoms with Gasteiger partial charge < -0.3 is 4.74 Å². The summed E-state index contributed by atoms with van der Waals surface area (Å²) < 4.78 is 5.09. The van der Waals surface area contributed by atoms with Crippen molar-refractivity contribution in [3.05, 3.63) is 37.0 Å². The van der Waals surface area contributed by atoms with E-state index >= 15 is 0 Å². The molecule has 0 heterocycles. The number of anilines is 1. The van der Waals surface area contributed by atoms with Gasteiger partial charge >= 0.3 is 0 Å². The lowest BCUT2D eigenvalue weighted by Gasteiger charge is -2.04. The zero-order valence-electron chi connectivity index (χ0n) is 7.40. The van der Waals surface area contributed by atoms with E-state index in [4.69, 9.17) is 4.74 Å². The molecule has 0 aromatic heterocycles. The predicted octanol–water partition coefficient (Wildman–Crippen LogP) is 2.62. The monoisotopic (exact) mass is 177 g/mol. The Hall–Kier alpha value is -1.84. The first-order valence-corrected chi connectivity index (χ1v) is 3.78. The van der Waals surface area contributed by atoms with Crippen LogP contribution in [0, 0.1) is 0 Å². The molecule has 0 bridgehead atoms. The van der Waals surface area contributed by atoms with Crippen molar-refractivity contribution in [1.82, 2.24) is 0 Å². The van der Waals surface area contributed by atoms with Crippen molar-refractivity contribution >= 4 is 5.69 Å². The van der Waals surface area contributed by atoms with E-state index in [-0.39, 0.29) is 0 Å². The Morgan fingerprint density at radius 2 is 2.23 bits per heavy atom. The van der Waals surface area contributed by atoms with Crippen molar-refractivity contribution in [2.45, 2.75) is 0 Å². The fraction of sp³-hybridized carbons (Fsp3) is 0.111. The number of ether oxygens (including phenoxy) is 1. The Bertz CT molecular complexity index is 309. The second kappa shape index (κ2) is 4.92. The molecule has 1 aromatic carbocycles. The van der Waals surface area contributed by atoms with E-state index in [1.807, 2.05) is 24.3 Å². The molecule has 0 saturated carbocycles. The summed E-state index contributed by atoms with van der Waals surface area (Å²) in [5.74, 6) is 0.727. The van der Waals surface area contributed by atoms with Gasteiger partial charge in [-0.05, 0) is 12.1 Å². The van der Waals surface area contributed by atoms with Crippen molar-refractivity contribution in [2.75, 3.05) is 12.5 Å². The van der Waals surface area contributed by atoms with Gasteiger partial charge in [0, 0.05) is 6.20 Å². The number of hydrogen-bond acceptors (Lipinski definition) is 3. The molecule has 0 unspecified atom stereocenters. The van der Waals surface area contributed by atoms with Crippen molar-refractivity contribution in [1.29, 1.82) is 0 Å². The van der Waals surface area contributed by atoms with E-state index < -0.39 is 0 Å². The molecule has 13 heavy (non-hydrogen) atoms. The van der Waals surface area contributed by atoms with E-state index in [9.17, 15) is 0 Å². The van der Waals surface area contributed by atoms with Gasteiger partial charge in [0.25, 0.3) is 0 Å². The summed E-state index contributed by atoms with van der Waals surface area (Å²) in [6, 6.07) is 7.45. The molecular formula is C9H11N3O. The normalized spacial score (nSPS) is 9.92. The number of hydrogen-bond donors (Lipinski definition) is 1. The maximum Gasteiger partial charge on any atom is 0.143 e. The van der Waals surface area contributed by atoms with Crippen LogP contribution in [-0.4, -0.2) is 7.11 Å². The molecular weight excluding hydrogens is 166 g/mol. The van der Waals surface area contributed by atoms with Crippen molar-refractivity contribution in [3.8, 4) is 5.75 Å². The lowest BCUT2D eigenvalue weighted by Crippen LogP contribution is -1.91. The summed E-state index contributed by atoms with van der Waals surface area (Å²) in [5, 5.41) is 7.21. The molecule has 68 valence electrons. The minimum absolute atomic E-state index is 0.727. The minimum atomic E-state index is 0.727. The van der Waals surface area contributed by atoms with Gasteiger partial charge in [0.15, 0.2) is 0 Å². The van der Waals surface area contributed by atoms with Gasteiger partial charge in [-0.25, -0.2) is 0 Å². The van der Waals surface area contributed by atoms with Gasteiger partial charge in [0.1, 0.15) is 5.75 Å². The third kappa shape index (κ3) is 2.59. The number of nitrogens with zero attached hydrogens (tertiary/aromatic N) is 2. The van der Waals surface area contributed by atoms with Gasteiger partial charge in [0.05, 0.1) is 12.8 Å². The zero-order chi connectivity index (χ0) is 9.52. The van der Waals surface area contributed by atoms with Crippen LogP contribution in [0.1, 0.15) is 0 Å². The molecule has 1 aromatic rings. The zero-order valence-corrected chi connectivity index (χ0v) is 7.40. The SMILES string of the molecule is C=CN=NNc1ccccc1OC. The fourth-order valence-corrected chi connectivity index (χ4v) is 0.861. The summed E-state index contributed by atoms with van der Waals surface area (Å²) in [4.78, 5) is 0. The Balaban J connectivity index is 2.74. The van der Waals surface area contributed by atoms with Gasteiger partial charge in [0.2, 0.25) is 0 Å². The average Bonchev–Trinajstić information content (AvgIpc) is 2.19. The second-order valence-corrected chi connectivity index (χ2v) is 2.21. The maximum absolute atomic E-state index is 5.09. The van der Waals surface area contributed by atoms with Crippen LogP contribution in [0.3, 0.4) is 0 Å². The summed E-state index contributed by atoms with van der Waals surface area (Å²) in [7, 11) is 1.60. The van der Waals surface area contributed by atoms with E-state index in [0.29, 0.717) is 0 Å². The van der Waals surface area contributed by atoms with Gasteiger partial charge in [-0.1, -0.05) is 23.9 Å². The number of benzene rings is 1. The maximum atomic E-state index is 5.09. The standard InChI is InChI=1S/C9H11N3O/c1-3-10-12-11-8-6-4-5-7-9(8)13-2/h3-7H,1H2,2H3,(H,10,11). The Morgan fingerprint density at radius 3 is 2.92 bits per heavy atom. The Morgan fingerprint density at radius 1 is 1.46 bits per heavy atom. The summed E-state index contributed by atoms with van der Waals surface area (Å²) in [6.45, 7) is 3.40. The van der Waals surface area contributed by atoms with Crippen LogP contribution >= 0.6 is 0 Å². The highest BCUT2D eigenvalue weighted by atomic mass is 16.5. The summed E-state index contributed by atoms with van der Waals surface area (Å²) in [5.41, 5.74) is 3.50. The highest BCUT2D eigenvalue weighted by Crippen LogP contribution is 2.22. The molecule has 0 spiro atoms. The molecule has 4 nitrogen and oxygen atoms in total. The molecule has 1 rings (SSSR count). The first-order valence-electron chi connectivity index (χ1n) is 3.78. The van der Waals surface area contributed by atoms with Crippen LogP contribution in [0.2, 0.25) is 0 Å². The minimum Gasteiger partial charge on any atom is -0.495 e. The summed E-state index contributed by atoms with van der Waals surface area (Å²) >= 11 is 0. The molecule has 0 radical (unpaired) electrons. The smallest absolute Gasteiger partial charge is 0.143 e. The van der Waals surface area contributed by atoms with Crippen LogP contribution in [0.15, 0.2) is 47.4 Å². The van der Waals surface area contributed by atoms with Crippen LogP contribution in [0.5, 0.6) is 5.75 Å². The first-order chi connectivity index (χ1) is 6.38. The second-order valence-electron chi connectivity index (χ2n) is 2.21. The quantitative estimate of drug-likeness (QED) is 0.567. The van der Waals surface area contributed by atoms with Gasteiger partial charge in [-0.2, -0.15) is 0 Å². The lowest BCUT2D eigenvalue weighted by molar-refractivity contribution is 0.416. The molecule has 1 N–H and O–H groups in total. The van der Waals surface area contributed by atoms with Crippen LogP contribution in [-0.2, 0) is 0 Å². The van der Waals surface area contributed by atoms with Crippen LogP contribution in [0.25, 0.3) is 0 Å². The molecule has 0 amide bonds. The predicted molar refractivity (Wildman–Crippen MR) is 51.7 cm³/mol. The van der Waals surface area contributed by atoms with E-state index in [2.05, 4.69) is 22.3 Å². The number of para-hydroxylation sites is 2. The largest absolute Gasteiger partial charge is 0.495 e. The fourth-order valence-electron chi connectivity index (χ4n) is 0.861. The third-order valence-corrected chi connectivity index (χ3v) is 1.42. The third-order valence-electron chi connectivity index (χ3n) is 1.42. The number of methoxy groups -OCH3 is 1. The molecule has 0 aliphatic heterocycles. The molecule has 0 saturated heterocycles.